The van der Waals surface area contributed by atoms with Crippen LogP contribution < -0.4 is 4.90 Å². The van der Waals surface area contributed by atoms with Crippen LogP contribution in [0.1, 0.15) is 22.7 Å². The molecule has 4 rings (SSSR count). The number of alkyl halides is 3. The average molecular weight is 459 g/mol. The lowest BCUT2D eigenvalue weighted by molar-refractivity contribution is -0.137. The van der Waals surface area contributed by atoms with Gasteiger partial charge in [0.25, 0.3) is 11.7 Å². The zero-order valence-electron chi connectivity index (χ0n) is 16.6. The number of aliphatic hydroxyl groups is 1. The van der Waals surface area contributed by atoms with Crippen molar-refractivity contribution in [3.05, 3.63) is 107 Å². The standard InChI is InChI=1S/C24H14F5NO3/c25-16-8-4-13(5-9-16)20-19(21(31)14-6-10-17(26)11-7-14)22(32)23(33)30(20)18-3-1-2-15(12-18)24(27,28)29/h1-12,20,31H/b21-19+. The second-order valence-electron chi connectivity index (χ2n) is 7.28. The van der Waals surface area contributed by atoms with Crippen molar-refractivity contribution in [2.45, 2.75) is 12.2 Å². The minimum Gasteiger partial charge on any atom is -0.507 e. The van der Waals surface area contributed by atoms with Crippen LogP contribution >= 0.6 is 0 Å². The second kappa shape index (κ2) is 8.16. The van der Waals surface area contributed by atoms with Crippen LogP contribution in [0, 0.1) is 11.6 Å². The highest BCUT2D eigenvalue weighted by Crippen LogP contribution is 2.43. The Morgan fingerprint density at radius 3 is 2.00 bits per heavy atom. The van der Waals surface area contributed by atoms with Gasteiger partial charge < -0.3 is 5.11 Å². The largest absolute Gasteiger partial charge is 0.507 e. The van der Waals surface area contributed by atoms with Gasteiger partial charge in [-0.1, -0.05) is 18.2 Å². The van der Waals surface area contributed by atoms with E-state index >= 15 is 0 Å². The van der Waals surface area contributed by atoms with Gasteiger partial charge >= 0.3 is 6.18 Å². The summed E-state index contributed by atoms with van der Waals surface area (Å²) in [7, 11) is 0. The quantitative estimate of drug-likeness (QED) is 0.240. The number of benzene rings is 3. The molecule has 1 unspecified atom stereocenters. The van der Waals surface area contributed by atoms with Crippen LogP contribution in [0.5, 0.6) is 0 Å². The summed E-state index contributed by atoms with van der Waals surface area (Å²) in [5.41, 5.74) is -1.50. The van der Waals surface area contributed by atoms with Crippen LogP contribution in [0.15, 0.2) is 78.4 Å². The molecule has 1 atom stereocenters. The monoisotopic (exact) mass is 459 g/mol. The number of nitrogens with zero attached hydrogens (tertiary/aromatic N) is 1. The Balaban J connectivity index is 1.94. The van der Waals surface area contributed by atoms with E-state index in [4.69, 9.17) is 0 Å². The number of Topliss-reactive ketones (excluding diaryl/α,β-unsaturated/α-hetero) is 1. The topological polar surface area (TPSA) is 57.6 Å². The number of amides is 1. The third-order valence-corrected chi connectivity index (χ3v) is 5.20. The first-order valence-corrected chi connectivity index (χ1v) is 9.57. The number of hydrogen-bond acceptors (Lipinski definition) is 3. The highest BCUT2D eigenvalue weighted by molar-refractivity contribution is 6.51. The highest BCUT2D eigenvalue weighted by Gasteiger charge is 2.47. The summed E-state index contributed by atoms with van der Waals surface area (Å²) in [6, 6.07) is 11.5. The Bertz CT molecular complexity index is 1260. The minimum atomic E-state index is -4.71. The molecule has 33 heavy (non-hydrogen) atoms. The molecule has 0 saturated carbocycles. The van der Waals surface area contributed by atoms with E-state index in [1.165, 1.54) is 30.3 Å². The number of carbonyl (C=O) groups excluding carboxylic acids is 2. The molecule has 4 nitrogen and oxygen atoms in total. The molecule has 1 amide bonds. The van der Waals surface area contributed by atoms with Gasteiger partial charge in [0.2, 0.25) is 0 Å². The summed E-state index contributed by atoms with van der Waals surface area (Å²) >= 11 is 0. The van der Waals surface area contributed by atoms with Gasteiger partial charge in [0.05, 0.1) is 17.2 Å². The van der Waals surface area contributed by atoms with Gasteiger partial charge in [-0.15, -0.1) is 0 Å². The third-order valence-electron chi connectivity index (χ3n) is 5.20. The molecule has 0 aliphatic carbocycles. The summed E-state index contributed by atoms with van der Waals surface area (Å²) in [5.74, 6) is -4.19. The first kappa shape index (κ1) is 22.2. The molecule has 1 saturated heterocycles. The lowest BCUT2D eigenvalue weighted by atomic mass is 9.95. The lowest BCUT2D eigenvalue weighted by Crippen LogP contribution is -2.29. The second-order valence-corrected chi connectivity index (χ2v) is 7.28. The van der Waals surface area contributed by atoms with Gasteiger partial charge in [0, 0.05) is 11.3 Å². The summed E-state index contributed by atoms with van der Waals surface area (Å²) in [5, 5.41) is 10.8. The first-order chi connectivity index (χ1) is 15.6. The van der Waals surface area contributed by atoms with Crippen molar-refractivity contribution in [3.8, 4) is 0 Å². The number of ketones is 1. The van der Waals surface area contributed by atoms with Crippen LogP contribution in [0.4, 0.5) is 27.6 Å². The van der Waals surface area contributed by atoms with E-state index in [1.807, 2.05) is 0 Å². The van der Waals surface area contributed by atoms with E-state index in [1.54, 1.807) is 0 Å². The zero-order valence-corrected chi connectivity index (χ0v) is 16.6. The van der Waals surface area contributed by atoms with E-state index < -0.39 is 52.4 Å². The van der Waals surface area contributed by atoms with Crippen LogP contribution in [0.25, 0.3) is 5.76 Å². The predicted octanol–water partition coefficient (Wildman–Crippen LogP) is 5.61. The fraction of sp³-hybridized carbons (Fsp3) is 0.0833. The molecule has 1 N–H and O–H groups in total. The number of hydrogen-bond donors (Lipinski definition) is 1. The lowest BCUT2D eigenvalue weighted by Gasteiger charge is -2.26. The van der Waals surface area contributed by atoms with Crippen molar-refractivity contribution in [2.75, 3.05) is 4.90 Å². The number of anilines is 1. The molecule has 0 spiro atoms. The molecule has 1 aliphatic heterocycles. The van der Waals surface area contributed by atoms with Crippen LogP contribution in [0.3, 0.4) is 0 Å². The number of carbonyl (C=O) groups is 2. The van der Waals surface area contributed by atoms with Gasteiger partial charge in [-0.05, 0) is 60.2 Å². The normalized spacial score (nSPS) is 18.1. The van der Waals surface area contributed by atoms with Gasteiger partial charge in [0.1, 0.15) is 17.4 Å². The molecule has 1 heterocycles. The molecule has 168 valence electrons. The first-order valence-electron chi connectivity index (χ1n) is 9.57. The van der Waals surface area contributed by atoms with Gasteiger partial charge in [-0.25, -0.2) is 8.78 Å². The Kier molecular flexibility index (Phi) is 5.49. The van der Waals surface area contributed by atoms with Gasteiger partial charge in [-0.2, -0.15) is 13.2 Å². The predicted molar refractivity (Wildman–Crippen MR) is 109 cm³/mol. The molecule has 3 aromatic rings. The van der Waals surface area contributed by atoms with Crippen molar-refractivity contribution in [3.63, 3.8) is 0 Å². The summed E-state index contributed by atoms with van der Waals surface area (Å²) in [4.78, 5) is 26.7. The Hall–Kier alpha value is -4.01. The van der Waals surface area contributed by atoms with E-state index in [2.05, 4.69) is 0 Å². The van der Waals surface area contributed by atoms with E-state index in [-0.39, 0.29) is 16.8 Å². The smallest absolute Gasteiger partial charge is 0.416 e. The van der Waals surface area contributed by atoms with Gasteiger partial charge in [0.15, 0.2) is 0 Å². The summed E-state index contributed by atoms with van der Waals surface area (Å²) < 4.78 is 66.6. The van der Waals surface area contributed by atoms with Crippen molar-refractivity contribution in [1.82, 2.24) is 0 Å². The van der Waals surface area contributed by atoms with Crippen LogP contribution in [-0.4, -0.2) is 16.8 Å². The molecular formula is C24H14F5NO3. The fourth-order valence-corrected chi connectivity index (χ4v) is 3.65. The molecule has 0 bridgehead atoms. The molecule has 1 aliphatic rings. The summed E-state index contributed by atoms with van der Waals surface area (Å²) in [6.45, 7) is 0. The maximum absolute atomic E-state index is 13.5. The van der Waals surface area contributed by atoms with Crippen molar-refractivity contribution >= 4 is 23.1 Å². The average Bonchev–Trinajstić information content (AvgIpc) is 3.04. The van der Waals surface area contributed by atoms with E-state index in [0.29, 0.717) is 6.07 Å². The molecular weight excluding hydrogens is 445 g/mol. The van der Waals surface area contributed by atoms with Crippen molar-refractivity contribution in [2.24, 2.45) is 0 Å². The third kappa shape index (κ3) is 4.09. The van der Waals surface area contributed by atoms with Crippen LogP contribution in [-0.2, 0) is 15.8 Å². The maximum atomic E-state index is 13.5. The Labute approximate surface area is 184 Å². The Morgan fingerprint density at radius 1 is 0.848 bits per heavy atom. The molecule has 9 heteroatoms. The maximum Gasteiger partial charge on any atom is 0.416 e. The SMILES string of the molecule is O=C1C(=O)N(c2cccc(C(F)(F)F)c2)C(c2ccc(F)cc2)/C1=C(\O)c1ccc(F)cc1. The molecule has 0 aromatic heterocycles. The highest BCUT2D eigenvalue weighted by atomic mass is 19.4. The molecule has 0 radical (unpaired) electrons. The molecule has 1 fully saturated rings. The van der Waals surface area contributed by atoms with Crippen molar-refractivity contribution < 1.29 is 36.6 Å². The van der Waals surface area contributed by atoms with E-state index in [9.17, 15) is 36.6 Å². The number of aliphatic hydroxyl groups excluding tert-OH is 1. The Morgan fingerprint density at radius 2 is 1.42 bits per heavy atom. The zero-order chi connectivity index (χ0) is 23.9. The number of rotatable bonds is 3. The minimum absolute atomic E-state index is 0.0190. The van der Waals surface area contributed by atoms with Crippen molar-refractivity contribution in [1.29, 1.82) is 0 Å². The summed E-state index contributed by atoms with van der Waals surface area (Å²) in [6.07, 6.45) is -4.71. The number of halogens is 5. The fourth-order valence-electron chi connectivity index (χ4n) is 3.65. The molecule has 3 aromatic carbocycles. The van der Waals surface area contributed by atoms with Crippen LogP contribution in [0.2, 0.25) is 0 Å². The van der Waals surface area contributed by atoms with Gasteiger partial charge in [-0.3, -0.25) is 14.5 Å². The van der Waals surface area contributed by atoms with E-state index in [0.717, 1.165) is 41.3 Å².